The van der Waals surface area contributed by atoms with E-state index in [1.54, 1.807) is 11.8 Å². The molecule has 1 aliphatic carbocycles. The maximum absolute atomic E-state index is 11.6. The van der Waals surface area contributed by atoms with Gasteiger partial charge in [0.2, 0.25) is 5.91 Å². The molecule has 0 radical (unpaired) electrons. The second-order valence-electron chi connectivity index (χ2n) is 5.17. The molecule has 112 valence electrons. The summed E-state index contributed by atoms with van der Waals surface area (Å²) in [6, 6.07) is 0.457. The Balaban J connectivity index is 1.71. The lowest BCUT2D eigenvalue weighted by Crippen LogP contribution is -2.26. The van der Waals surface area contributed by atoms with Crippen molar-refractivity contribution in [2.75, 3.05) is 12.3 Å². The summed E-state index contributed by atoms with van der Waals surface area (Å²) in [6.45, 7) is 2.89. The molecule has 1 amide bonds. The number of carbonyl (C=O) groups excluding carboxylic acids is 1. The van der Waals surface area contributed by atoms with E-state index < -0.39 is 0 Å². The first kappa shape index (κ1) is 15.3. The fourth-order valence-corrected chi connectivity index (χ4v) is 3.19. The standard InChI is InChI=1S/C13H23N5OS/c1-2-3-8-14-13(19)10-20-9-12-15-16-17-18(12)11-6-4-5-7-11/h11H,2-10H2,1H3,(H,14,19). The van der Waals surface area contributed by atoms with Crippen LogP contribution in [0.25, 0.3) is 0 Å². The normalized spacial score (nSPS) is 15.7. The minimum atomic E-state index is 0.100. The largest absolute Gasteiger partial charge is 0.355 e. The van der Waals surface area contributed by atoms with E-state index in [2.05, 4.69) is 27.8 Å². The Bertz CT molecular complexity index is 417. The Hall–Kier alpha value is -1.11. The molecule has 1 saturated carbocycles. The molecule has 20 heavy (non-hydrogen) atoms. The molecule has 0 spiro atoms. The highest BCUT2D eigenvalue weighted by Gasteiger charge is 2.21. The molecule has 1 aromatic heterocycles. The highest BCUT2D eigenvalue weighted by Crippen LogP contribution is 2.29. The molecule has 1 aliphatic rings. The highest BCUT2D eigenvalue weighted by atomic mass is 32.2. The zero-order chi connectivity index (χ0) is 14.2. The molecule has 1 fully saturated rings. The lowest BCUT2D eigenvalue weighted by atomic mass is 10.2. The molecule has 7 heteroatoms. The van der Waals surface area contributed by atoms with Crippen molar-refractivity contribution in [3.63, 3.8) is 0 Å². The van der Waals surface area contributed by atoms with Gasteiger partial charge < -0.3 is 5.32 Å². The second-order valence-corrected chi connectivity index (χ2v) is 6.16. The summed E-state index contributed by atoms with van der Waals surface area (Å²) in [5, 5.41) is 14.9. The second kappa shape index (κ2) is 8.24. The quantitative estimate of drug-likeness (QED) is 0.742. The predicted octanol–water partition coefficient (Wildman–Crippen LogP) is 1.94. The van der Waals surface area contributed by atoms with Crippen molar-refractivity contribution in [1.29, 1.82) is 0 Å². The summed E-state index contributed by atoms with van der Waals surface area (Å²) in [5.41, 5.74) is 0. The van der Waals surface area contributed by atoms with Gasteiger partial charge in [-0.1, -0.05) is 26.2 Å². The number of hydrogen-bond donors (Lipinski definition) is 1. The fraction of sp³-hybridized carbons (Fsp3) is 0.846. The van der Waals surface area contributed by atoms with Crippen LogP contribution < -0.4 is 5.32 Å². The van der Waals surface area contributed by atoms with Crippen LogP contribution in [0.3, 0.4) is 0 Å². The maximum atomic E-state index is 11.6. The molecule has 2 rings (SSSR count). The van der Waals surface area contributed by atoms with E-state index in [4.69, 9.17) is 0 Å². The first-order valence-electron chi connectivity index (χ1n) is 7.42. The number of aromatic nitrogens is 4. The number of nitrogens with zero attached hydrogens (tertiary/aromatic N) is 4. The van der Waals surface area contributed by atoms with E-state index in [1.165, 1.54) is 25.7 Å². The molecule has 0 aromatic carbocycles. The third kappa shape index (κ3) is 4.47. The minimum absolute atomic E-state index is 0.100. The zero-order valence-electron chi connectivity index (χ0n) is 12.0. The van der Waals surface area contributed by atoms with Crippen molar-refractivity contribution in [1.82, 2.24) is 25.5 Å². The van der Waals surface area contributed by atoms with Crippen molar-refractivity contribution in [2.24, 2.45) is 0 Å². The molecule has 0 atom stereocenters. The summed E-state index contributed by atoms with van der Waals surface area (Å²) in [7, 11) is 0. The molecule has 0 saturated heterocycles. The van der Waals surface area contributed by atoms with Gasteiger partial charge in [-0.15, -0.1) is 16.9 Å². The SMILES string of the molecule is CCCCNC(=O)CSCc1nnnn1C1CCCC1. The molecule has 1 heterocycles. The van der Waals surface area contributed by atoms with Crippen LogP contribution in [0.15, 0.2) is 0 Å². The van der Waals surface area contributed by atoms with Gasteiger partial charge in [0.05, 0.1) is 17.5 Å². The number of unbranched alkanes of at least 4 members (excludes halogenated alkanes) is 1. The lowest BCUT2D eigenvalue weighted by molar-refractivity contribution is -0.118. The molecule has 6 nitrogen and oxygen atoms in total. The van der Waals surface area contributed by atoms with Gasteiger partial charge in [0.25, 0.3) is 0 Å². The van der Waals surface area contributed by atoms with Crippen molar-refractivity contribution in [2.45, 2.75) is 57.2 Å². The Morgan fingerprint density at radius 3 is 3.00 bits per heavy atom. The van der Waals surface area contributed by atoms with Gasteiger partial charge in [0.1, 0.15) is 0 Å². The van der Waals surface area contributed by atoms with Gasteiger partial charge >= 0.3 is 0 Å². The molecule has 0 aliphatic heterocycles. The lowest BCUT2D eigenvalue weighted by Gasteiger charge is -2.11. The molecule has 0 bridgehead atoms. The van der Waals surface area contributed by atoms with Crippen LogP contribution in [0.1, 0.15) is 57.3 Å². The Morgan fingerprint density at radius 1 is 1.45 bits per heavy atom. The van der Waals surface area contributed by atoms with Gasteiger partial charge in [0, 0.05) is 6.54 Å². The van der Waals surface area contributed by atoms with Crippen molar-refractivity contribution >= 4 is 17.7 Å². The number of tetrazole rings is 1. The Kier molecular flexibility index (Phi) is 6.29. The molecular weight excluding hydrogens is 274 g/mol. The third-order valence-corrected chi connectivity index (χ3v) is 4.48. The van der Waals surface area contributed by atoms with Crippen LogP contribution in [0, 0.1) is 0 Å². The van der Waals surface area contributed by atoms with E-state index in [9.17, 15) is 4.79 Å². The molecule has 0 unspecified atom stereocenters. The summed E-state index contributed by atoms with van der Waals surface area (Å²) in [5.74, 6) is 2.16. The topological polar surface area (TPSA) is 72.7 Å². The average molecular weight is 297 g/mol. The summed E-state index contributed by atoms with van der Waals surface area (Å²) in [6.07, 6.45) is 6.99. The van der Waals surface area contributed by atoms with Crippen LogP contribution in [-0.4, -0.2) is 38.4 Å². The highest BCUT2D eigenvalue weighted by molar-refractivity contribution is 7.99. The van der Waals surface area contributed by atoms with Crippen LogP contribution in [0.4, 0.5) is 0 Å². The Labute approximate surface area is 124 Å². The first-order valence-corrected chi connectivity index (χ1v) is 8.58. The van der Waals surface area contributed by atoms with E-state index in [0.29, 0.717) is 17.5 Å². The van der Waals surface area contributed by atoms with Crippen LogP contribution in [0.5, 0.6) is 0 Å². The fourth-order valence-electron chi connectivity index (χ4n) is 2.43. The Morgan fingerprint density at radius 2 is 2.25 bits per heavy atom. The van der Waals surface area contributed by atoms with Gasteiger partial charge in [-0.3, -0.25) is 4.79 Å². The van der Waals surface area contributed by atoms with Gasteiger partial charge in [0.15, 0.2) is 5.82 Å². The van der Waals surface area contributed by atoms with Gasteiger partial charge in [-0.05, 0) is 29.7 Å². The smallest absolute Gasteiger partial charge is 0.230 e. The minimum Gasteiger partial charge on any atom is -0.355 e. The third-order valence-electron chi connectivity index (χ3n) is 3.55. The number of amides is 1. The van der Waals surface area contributed by atoms with E-state index >= 15 is 0 Å². The zero-order valence-corrected chi connectivity index (χ0v) is 12.9. The predicted molar refractivity (Wildman–Crippen MR) is 79.4 cm³/mol. The number of carbonyl (C=O) groups is 1. The summed E-state index contributed by atoms with van der Waals surface area (Å²) >= 11 is 1.57. The van der Waals surface area contributed by atoms with Crippen LogP contribution >= 0.6 is 11.8 Å². The molecule has 1 N–H and O–H groups in total. The number of hydrogen-bond acceptors (Lipinski definition) is 5. The number of thioether (sulfide) groups is 1. The van der Waals surface area contributed by atoms with E-state index in [1.807, 2.05) is 4.68 Å². The molecule has 1 aromatic rings. The van der Waals surface area contributed by atoms with Gasteiger partial charge in [-0.2, -0.15) is 0 Å². The summed E-state index contributed by atoms with van der Waals surface area (Å²) < 4.78 is 1.95. The number of nitrogens with one attached hydrogen (secondary N) is 1. The molecular formula is C13H23N5OS. The van der Waals surface area contributed by atoms with E-state index in [0.717, 1.165) is 25.2 Å². The van der Waals surface area contributed by atoms with Crippen molar-refractivity contribution in [3.05, 3.63) is 5.82 Å². The summed E-state index contributed by atoms with van der Waals surface area (Å²) in [4.78, 5) is 11.6. The average Bonchev–Trinajstić information content (AvgIpc) is 3.09. The number of rotatable bonds is 8. The van der Waals surface area contributed by atoms with Gasteiger partial charge in [-0.25, -0.2) is 4.68 Å². The maximum Gasteiger partial charge on any atom is 0.230 e. The van der Waals surface area contributed by atoms with Crippen LogP contribution in [0.2, 0.25) is 0 Å². The van der Waals surface area contributed by atoms with E-state index in [-0.39, 0.29) is 5.91 Å². The first-order chi connectivity index (χ1) is 9.81. The van der Waals surface area contributed by atoms with Crippen LogP contribution in [-0.2, 0) is 10.5 Å². The van der Waals surface area contributed by atoms with Crippen molar-refractivity contribution < 1.29 is 4.79 Å². The monoisotopic (exact) mass is 297 g/mol. The van der Waals surface area contributed by atoms with Crippen molar-refractivity contribution in [3.8, 4) is 0 Å².